The standard InChI is InChI=1S/C11H12BrFO4/c12-2-1-9(14)10(15)6-3-7(11(16)17)5-8(13)4-6/h3-5,9-10,14-15H,1-2H2,(H,16,17). The van der Waals surface area contributed by atoms with E-state index in [2.05, 4.69) is 15.9 Å². The first kappa shape index (κ1) is 14.1. The smallest absolute Gasteiger partial charge is 0.335 e. The topological polar surface area (TPSA) is 77.8 Å². The van der Waals surface area contributed by atoms with Crippen molar-refractivity contribution in [3.05, 3.63) is 35.1 Å². The Morgan fingerprint density at radius 1 is 1.35 bits per heavy atom. The van der Waals surface area contributed by atoms with Crippen molar-refractivity contribution in [3.8, 4) is 0 Å². The Kier molecular flexibility index (Phi) is 5.04. The highest BCUT2D eigenvalue weighted by Crippen LogP contribution is 2.22. The van der Waals surface area contributed by atoms with Crippen molar-refractivity contribution in [2.24, 2.45) is 0 Å². The van der Waals surface area contributed by atoms with Gasteiger partial charge in [-0.15, -0.1) is 0 Å². The van der Waals surface area contributed by atoms with Gasteiger partial charge in [0.05, 0.1) is 11.7 Å². The van der Waals surface area contributed by atoms with Gasteiger partial charge in [0, 0.05) is 5.33 Å². The molecule has 1 rings (SSSR count). The molecule has 0 aliphatic rings. The molecule has 0 radical (unpaired) electrons. The summed E-state index contributed by atoms with van der Waals surface area (Å²) in [5.41, 5.74) is -0.207. The summed E-state index contributed by atoms with van der Waals surface area (Å²) in [6, 6.07) is 3.01. The average molecular weight is 307 g/mol. The minimum absolute atomic E-state index is 0.0517. The number of aromatic carboxylic acids is 1. The zero-order chi connectivity index (χ0) is 13.0. The molecule has 0 spiro atoms. The molecular weight excluding hydrogens is 295 g/mol. The summed E-state index contributed by atoms with van der Waals surface area (Å²) in [5, 5.41) is 28.5. The highest BCUT2D eigenvalue weighted by atomic mass is 79.9. The zero-order valence-electron chi connectivity index (χ0n) is 8.81. The Bertz CT molecular complexity index is 410. The van der Waals surface area contributed by atoms with Gasteiger partial charge in [0.25, 0.3) is 0 Å². The van der Waals surface area contributed by atoms with Crippen LogP contribution in [-0.4, -0.2) is 32.7 Å². The van der Waals surface area contributed by atoms with Crippen molar-refractivity contribution < 1.29 is 24.5 Å². The Hall–Kier alpha value is -0.980. The fourth-order valence-corrected chi connectivity index (χ4v) is 1.87. The maximum atomic E-state index is 13.1. The van der Waals surface area contributed by atoms with Gasteiger partial charge in [-0.1, -0.05) is 15.9 Å². The van der Waals surface area contributed by atoms with E-state index in [0.717, 1.165) is 18.2 Å². The fourth-order valence-electron chi connectivity index (χ4n) is 1.40. The molecule has 0 aliphatic carbocycles. The first-order valence-corrected chi connectivity index (χ1v) is 6.03. The molecule has 6 heteroatoms. The van der Waals surface area contributed by atoms with Crippen molar-refractivity contribution >= 4 is 21.9 Å². The van der Waals surface area contributed by atoms with Crippen LogP contribution in [-0.2, 0) is 0 Å². The van der Waals surface area contributed by atoms with Gasteiger partial charge < -0.3 is 15.3 Å². The highest BCUT2D eigenvalue weighted by molar-refractivity contribution is 9.09. The first-order valence-electron chi connectivity index (χ1n) is 4.91. The largest absolute Gasteiger partial charge is 0.478 e. The predicted molar refractivity (Wildman–Crippen MR) is 62.7 cm³/mol. The second-order valence-electron chi connectivity index (χ2n) is 3.57. The van der Waals surface area contributed by atoms with Crippen molar-refractivity contribution in [1.82, 2.24) is 0 Å². The maximum Gasteiger partial charge on any atom is 0.335 e. The summed E-state index contributed by atoms with van der Waals surface area (Å²) in [5.74, 6) is -2.04. The van der Waals surface area contributed by atoms with Gasteiger partial charge in [0.15, 0.2) is 0 Å². The number of hydrogen-bond donors (Lipinski definition) is 3. The van der Waals surface area contributed by atoms with Crippen molar-refractivity contribution in [2.75, 3.05) is 5.33 Å². The Morgan fingerprint density at radius 3 is 2.53 bits per heavy atom. The number of aliphatic hydroxyl groups excluding tert-OH is 2. The molecule has 0 bridgehead atoms. The number of halogens is 2. The van der Waals surface area contributed by atoms with E-state index in [4.69, 9.17) is 5.11 Å². The van der Waals surface area contributed by atoms with Crippen LogP contribution in [0.3, 0.4) is 0 Å². The van der Waals surface area contributed by atoms with Gasteiger partial charge in [-0.25, -0.2) is 9.18 Å². The number of aliphatic hydroxyl groups is 2. The summed E-state index contributed by atoms with van der Waals surface area (Å²) >= 11 is 3.10. The SMILES string of the molecule is O=C(O)c1cc(F)cc(C(O)C(O)CCBr)c1. The maximum absolute atomic E-state index is 13.1. The van der Waals surface area contributed by atoms with E-state index in [9.17, 15) is 19.4 Å². The summed E-state index contributed by atoms with van der Waals surface area (Å²) in [7, 11) is 0. The molecule has 4 nitrogen and oxygen atoms in total. The number of carboxylic acid groups (broad SMARTS) is 1. The average Bonchev–Trinajstić information content (AvgIpc) is 2.27. The Balaban J connectivity index is 3.01. The number of rotatable bonds is 5. The molecule has 0 saturated carbocycles. The molecule has 0 heterocycles. The predicted octanol–water partition coefficient (Wildman–Crippen LogP) is 1.70. The third kappa shape index (κ3) is 3.76. The van der Waals surface area contributed by atoms with Crippen LogP contribution in [0.4, 0.5) is 4.39 Å². The molecule has 2 atom stereocenters. The molecule has 0 aliphatic heterocycles. The number of benzene rings is 1. The second-order valence-corrected chi connectivity index (χ2v) is 4.36. The third-order valence-electron chi connectivity index (χ3n) is 2.28. The molecule has 17 heavy (non-hydrogen) atoms. The van der Waals surface area contributed by atoms with Crippen LogP contribution in [0.1, 0.15) is 28.4 Å². The van der Waals surface area contributed by atoms with Gasteiger partial charge in [-0.05, 0) is 30.2 Å². The van der Waals surface area contributed by atoms with Crippen LogP contribution in [0.25, 0.3) is 0 Å². The van der Waals surface area contributed by atoms with E-state index >= 15 is 0 Å². The minimum Gasteiger partial charge on any atom is -0.478 e. The highest BCUT2D eigenvalue weighted by Gasteiger charge is 2.20. The Labute approximate surface area is 106 Å². The van der Waals surface area contributed by atoms with Crippen LogP contribution in [0.15, 0.2) is 18.2 Å². The normalized spacial score (nSPS) is 14.4. The monoisotopic (exact) mass is 306 g/mol. The zero-order valence-corrected chi connectivity index (χ0v) is 10.4. The molecular formula is C11H12BrFO4. The van der Waals surface area contributed by atoms with Gasteiger partial charge in [-0.2, -0.15) is 0 Å². The Morgan fingerprint density at radius 2 is 2.00 bits per heavy atom. The number of alkyl halides is 1. The summed E-state index contributed by atoms with van der Waals surface area (Å²) in [4.78, 5) is 10.7. The van der Waals surface area contributed by atoms with Gasteiger partial charge in [0.2, 0.25) is 0 Å². The number of hydrogen-bond acceptors (Lipinski definition) is 3. The molecule has 0 aromatic heterocycles. The van der Waals surface area contributed by atoms with Crippen LogP contribution in [0, 0.1) is 5.82 Å². The molecule has 0 amide bonds. The molecule has 0 saturated heterocycles. The second kappa shape index (κ2) is 6.09. The lowest BCUT2D eigenvalue weighted by molar-refractivity contribution is 0.0171. The molecule has 0 fully saturated rings. The first-order chi connectivity index (χ1) is 7.95. The third-order valence-corrected chi connectivity index (χ3v) is 2.74. The molecule has 3 N–H and O–H groups in total. The van der Waals surface area contributed by atoms with Gasteiger partial charge in [0.1, 0.15) is 11.9 Å². The van der Waals surface area contributed by atoms with Crippen LogP contribution >= 0.6 is 15.9 Å². The molecule has 1 aromatic rings. The lowest BCUT2D eigenvalue weighted by Gasteiger charge is -2.17. The fraction of sp³-hybridized carbons (Fsp3) is 0.364. The van der Waals surface area contributed by atoms with Crippen LogP contribution < -0.4 is 0 Å². The quantitative estimate of drug-likeness (QED) is 0.724. The number of carboxylic acids is 1. The lowest BCUT2D eigenvalue weighted by atomic mass is 10.0. The lowest BCUT2D eigenvalue weighted by Crippen LogP contribution is -2.19. The van der Waals surface area contributed by atoms with Crippen molar-refractivity contribution in [3.63, 3.8) is 0 Å². The van der Waals surface area contributed by atoms with Crippen molar-refractivity contribution in [1.29, 1.82) is 0 Å². The van der Waals surface area contributed by atoms with E-state index in [1.165, 1.54) is 0 Å². The molecule has 94 valence electrons. The van der Waals surface area contributed by atoms with Gasteiger partial charge in [-0.3, -0.25) is 0 Å². The van der Waals surface area contributed by atoms with E-state index in [1.54, 1.807) is 0 Å². The molecule has 1 aromatic carbocycles. The number of carbonyl (C=O) groups is 1. The van der Waals surface area contributed by atoms with E-state index in [-0.39, 0.29) is 17.5 Å². The van der Waals surface area contributed by atoms with Crippen molar-refractivity contribution in [2.45, 2.75) is 18.6 Å². The van der Waals surface area contributed by atoms with Gasteiger partial charge >= 0.3 is 5.97 Å². The summed E-state index contributed by atoms with van der Waals surface area (Å²) in [6.45, 7) is 0. The van der Waals surface area contributed by atoms with E-state index in [1.807, 2.05) is 0 Å². The summed E-state index contributed by atoms with van der Waals surface area (Å²) < 4.78 is 13.1. The van der Waals surface area contributed by atoms with E-state index < -0.39 is 24.0 Å². The minimum atomic E-state index is -1.30. The van der Waals surface area contributed by atoms with E-state index in [0.29, 0.717) is 5.33 Å². The van der Waals surface area contributed by atoms with Crippen LogP contribution in [0.2, 0.25) is 0 Å². The van der Waals surface area contributed by atoms with Crippen LogP contribution in [0.5, 0.6) is 0 Å². The molecule has 2 unspecified atom stereocenters. The summed E-state index contributed by atoms with van der Waals surface area (Å²) in [6.07, 6.45) is -2.10.